The summed E-state index contributed by atoms with van der Waals surface area (Å²) in [4.78, 5) is 11.2. The molecule has 0 radical (unpaired) electrons. The summed E-state index contributed by atoms with van der Waals surface area (Å²) in [6.07, 6.45) is 3.66. The van der Waals surface area contributed by atoms with Gasteiger partial charge in [-0.05, 0) is 25.2 Å². The van der Waals surface area contributed by atoms with Gasteiger partial charge in [0, 0.05) is 0 Å². The maximum atomic E-state index is 11.2. The van der Waals surface area contributed by atoms with Gasteiger partial charge in [0.2, 0.25) is 0 Å². The van der Waals surface area contributed by atoms with Crippen molar-refractivity contribution in [3.8, 4) is 0 Å². The smallest absolute Gasteiger partial charge is 0.308 e. The van der Waals surface area contributed by atoms with Gasteiger partial charge in [0.15, 0.2) is 0 Å². The predicted octanol–water partition coefficient (Wildman–Crippen LogP) is 2.37. The van der Waals surface area contributed by atoms with E-state index in [1.807, 2.05) is 13.8 Å². The number of ether oxygens (including phenoxy) is 1. The highest BCUT2D eigenvalue weighted by Gasteiger charge is 2.27. The first-order chi connectivity index (χ1) is 5.61. The minimum atomic E-state index is -0.0475. The second kappa shape index (κ2) is 3.92. The first-order valence-electron chi connectivity index (χ1n) is 4.81. The van der Waals surface area contributed by atoms with Crippen molar-refractivity contribution < 1.29 is 9.53 Å². The molecule has 0 aromatic carbocycles. The molecule has 0 aromatic rings. The fourth-order valence-corrected chi connectivity index (χ4v) is 1.57. The normalized spacial score (nSPS) is 29.3. The summed E-state index contributed by atoms with van der Waals surface area (Å²) < 4.78 is 5.35. The number of hydrogen-bond acceptors (Lipinski definition) is 2. The standard InChI is InChI=1S/C10H18O2/c1-7(2)10(11)12-9-6-4-5-8(9)3/h7-9H,4-6H2,1-3H3/t8-,9-/m1/s1. The molecule has 0 saturated heterocycles. The van der Waals surface area contributed by atoms with Gasteiger partial charge < -0.3 is 4.74 Å². The van der Waals surface area contributed by atoms with Crippen LogP contribution in [0.1, 0.15) is 40.0 Å². The van der Waals surface area contributed by atoms with Gasteiger partial charge in [-0.3, -0.25) is 4.79 Å². The van der Waals surface area contributed by atoms with Gasteiger partial charge in [-0.25, -0.2) is 0 Å². The van der Waals surface area contributed by atoms with Crippen molar-refractivity contribution in [2.24, 2.45) is 11.8 Å². The van der Waals surface area contributed by atoms with Crippen LogP contribution < -0.4 is 0 Å². The Balaban J connectivity index is 2.35. The van der Waals surface area contributed by atoms with E-state index < -0.39 is 0 Å². The van der Waals surface area contributed by atoms with E-state index in [1.54, 1.807) is 0 Å². The van der Waals surface area contributed by atoms with Crippen molar-refractivity contribution in [2.45, 2.75) is 46.1 Å². The van der Waals surface area contributed by atoms with Crippen molar-refractivity contribution in [1.29, 1.82) is 0 Å². The van der Waals surface area contributed by atoms with Crippen LogP contribution in [0.2, 0.25) is 0 Å². The Morgan fingerprint density at radius 1 is 1.42 bits per heavy atom. The fraction of sp³-hybridized carbons (Fsp3) is 0.900. The SMILES string of the molecule is CC(C)C(=O)O[C@@H]1CCC[C@H]1C. The summed E-state index contributed by atoms with van der Waals surface area (Å²) >= 11 is 0. The van der Waals surface area contributed by atoms with Crippen molar-refractivity contribution in [3.05, 3.63) is 0 Å². The number of carbonyl (C=O) groups is 1. The molecule has 1 aliphatic rings. The van der Waals surface area contributed by atoms with E-state index in [9.17, 15) is 4.79 Å². The number of esters is 1. The van der Waals surface area contributed by atoms with Gasteiger partial charge in [-0.15, -0.1) is 0 Å². The zero-order valence-corrected chi connectivity index (χ0v) is 8.17. The van der Waals surface area contributed by atoms with Crippen LogP contribution in [-0.4, -0.2) is 12.1 Å². The second-order valence-electron chi connectivity index (χ2n) is 4.04. The molecule has 2 atom stereocenters. The molecule has 2 heteroatoms. The minimum absolute atomic E-state index is 0.0119. The Morgan fingerprint density at radius 3 is 2.50 bits per heavy atom. The van der Waals surface area contributed by atoms with Gasteiger partial charge in [0.1, 0.15) is 6.10 Å². The summed E-state index contributed by atoms with van der Waals surface area (Å²) in [6.45, 7) is 5.91. The molecular formula is C10H18O2. The van der Waals surface area contributed by atoms with Gasteiger partial charge in [0.05, 0.1) is 5.92 Å². The molecule has 1 fully saturated rings. The third-order valence-corrected chi connectivity index (χ3v) is 2.52. The third-order valence-electron chi connectivity index (χ3n) is 2.52. The number of hydrogen-bond donors (Lipinski definition) is 0. The lowest BCUT2D eigenvalue weighted by Gasteiger charge is -2.17. The Hall–Kier alpha value is -0.530. The molecule has 1 rings (SSSR count). The van der Waals surface area contributed by atoms with Crippen molar-refractivity contribution >= 4 is 5.97 Å². The molecule has 0 N–H and O–H groups in total. The molecule has 0 heterocycles. The summed E-state index contributed by atoms with van der Waals surface area (Å²) in [5.41, 5.74) is 0. The Bertz CT molecular complexity index is 163. The maximum absolute atomic E-state index is 11.2. The zero-order valence-electron chi connectivity index (χ0n) is 8.17. The fourth-order valence-electron chi connectivity index (χ4n) is 1.57. The molecule has 2 nitrogen and oxygen atoms in total. The number of rotatable bonds is 2. The molecule has 1 aliphatic carbocycles. The van der Waals surface area contributed by atoms with Crippen LogP contribution in [-0.2, 0) is 9.53 Å². The molecule has 12 heavy (non-hydrogen) atoms. The van der Waals surface area contributed by atoms with Gasteiger partial charge in [0.25, 0.3) is 0 Å². The van der Waals surface area contributed by atoms with E-state index in [1.165, 1.54) is 12.8 Å². The summed E-state index contributed by atoms with van der Waals surface area (Å²) in [5, 5.41) is 0. The third kappa shape index (κ3) is 2.23. The average Bonchev–Trinajstić information content (AvgIpc) is 2.36. The highest BCUT2D eigenvalue weighted by atomic mass is 16.5. The molecule has 0 unspecified atom stereocenters. The van der Waals surface area contributed by atoms with Crippen LogP contribution in [0.15, 0.2) is 0 Å². The molecule has 70 valence electrons. The number of carbonyl (C=O) groups excluding carboxylic acids is 1. The molecule has 0 aliphatic heterocycles. The van der Waals surface area contributed by atoms with Crippen LogP contribution in [0, 0.1) is 11.8 Å². The van der Waals surface area contributed by atoms with Crippen LogP contribution in [0.3, 0.4) is 0 Å². The monoisotopic (exact) mass is 170 g/mol. The summed E-state index contributed by atoms with van der Waals surface area (Å²) in [5.74, 6) is 0.527. The van der Waals surface area contributed by atoms with E-state index >= 15 is 0 Å². The largest absolute Gasteiger partial charge is 0.462 e. The van der Waals surface area contributed by atoms with Gasteiger partial charge >= 0.3 is 5.97 Å². The van der Waals surface area contributed by atoms with Gasteiger partial charge in [-0.2, -0.15) is 0 Å². The Labute approximate surface area is 74.3 Å². The molecule has 1 saturated carbocycles. The van der Waals surface area contributed by atoms with E-state index in [2.05, 4.69) is 6.92 Å². The summed E-state index contributed by atoms with van der Waals surface area (Å²) in [6, 6.07) is 0. The first-order valence-corrected chi connectivity index (χ1v) is 4.81. The van der Waals surface area contributed by atoms with E-state index in [4.69, 9.17) is 4.74 Å². The van der Waals surface area contributed by atoms with Crippen molar-refractivity contribution in [3.63, 3.8) is 0 Å². The molecular weight excluding hydrogens is 152 g/mol. The Kier molecular flexibility index (Phi) is 3.12. The van der Waals surface area contributed by atoms with Crippen molar-refractivity contribution in [2.75, 3.05) is 0 Å². The molecule has 0 spiro atoms. The lowest BCUT2D eigenvalue weighted by Crippen LogP contribution is -2.23. The predicted molar refractivity (Wildman–Crippen MR) is 47.7 cm³/mol. The lowest BCUT2D eigenvalue weighted by molar-refractivity contribution is -0.154. The second-order valence-corrected chi connectivity index (χ2v) is 4.04. The average molecular weight is 170 g/mol. The van der Waals surface area contributed by atoms with Crippen LogP contribution in [0.5, 0.6) is 0 Å². The quantitative estimate of drug-likeness (QED) is 0.595. The zero-order chi connectivity index (χ0) is 9.14. The highest BCUT2D eigenvalue weighted by Crippen LogP contribution is 2.28. The highest BCUT2D eigenvalue weighted by molar-refractivity contribution is 5.71. The minimum Gasteiger partial charge on any atom is -0.462 e. The molecule has 0 bridgehead atoms. The van der Waals surface area contributed by atoms with Crippen molar-refractivity contribution in [1.82, 2.24) is 0 Å². The lowest BCUT2D eigenvalue weighted by atomic mass is 10.1. The van der Waals surface area contributed by atoms with Crippen LogP contribution in [0.25, 0.3) is 0 Å². The van der Waals surface area contributed by atoms with Gasteiger partial charge in [-0.1, -0.05) is 20.8 Å². The topological polar surface area (TPSA) is 26.3 Å². The van der Waals surface area contributed by atoms with E-state index in [-0.39, 0.29) is 18.0 Å². The molecule has 0 amide bonds. The van der Waals surface area contributed by atoms with Crippen LogP contribution >= 0.6 is 0 Å². The van der Waals surface area contributed by atoms with Crippen LogP contribution in [0.4, 0.5) is 0 Å². The summed E-state index contributed by atoms with van der Waals surface area (Å²) in [7, 11) is 0. The maximum Gasteiger partial charge on any atom is 0.308 e. The molecule has 0 aromatic heterocycles. The Morgan fingerprint density at radius 2 is 2.08 bits per heavy atom. The van der Waals surface area contributed by atoms with E-state index in [0.717, 1.165) is 6.42 Å². The first kappa shape index (κ1) is 9.56. The van der Waals surface area contributed by atoms with E-state index in [0.29, 0.717) is 5.92 Å².